The van der Waals surface area contributed by atoms with E-state index in [-0.39, 0.29) is 5.91 Å². The van der Waals surface area contributed by atoms with E-state index >= 15 is 0 Å². The fraction of sp³-hybridized carbons (Fsp3) is 0.714. The van der Waals surface area contributed by atoms with Crippen molar-refractivity contribution in [2.24, 2.45) is 12.8 Å². The van der Waals surface area contributed by atoms with Crippen molar-refractivity contribution in [3.8, 4) is 0 Å². The molecule has 1 saturated carbocycles. The summed E-state index contributed by atoms with van der Waals surface area (Å²) in [5.41, 5.74) is 5.15. The van der Waals surface area contributed by atoms with Gasteiger partial charge in [0.2, 0.25) is 5.91 Å². The van der Waals surface area contributed by atoms with Gasteiger partial charge in [0.15, 0.2) is 5.16 Å². The van der Waals surface area contributed by atoms with Crippen LogP contribution in [0.3, 0.4) is 0 Å². The predicted molar refractivity (Wildman–Crippen MR) is 81.5 cm³/mol. The lowest BCUT2D eigenvalue weighted by molar-refractivity contribution is -0.125. The van der Waals surface area contributed by atoms with E-state index in [1.807, 2.05) is 24.0 Å². The van der Waals surface area contributed by atoms with Crippen LogP contribution in [0.5, 0.6) is 0 Å². The number of nitrogens with one attached hydrogen (secondary N) is 1. The first kappa shape index (κ1) is 15.4. The van der Waals surface area contributed by atoms with Gasteiger partial charge in [-0.2, -0.15) is 0 Å². The maximum absolute atomic E-state index is 11.9. The van der Waals surface area contributed by atoms with Gasteiger partial charge in [0.05, 0.1) is 5.54 Å². The molecule has 0 saturated heterocycles. The third-order valence-corrected chi connectivity index (χ3v) is 5.28. The number of imidazole rings is 1. The first-order valence-electron chi connectivity index (χ1n) is 7.26. The van der Waals surface area contributed by atoms with Crippen molar-refractivity contribution >= 4 is 17.7 Å². The van der Waals surface area contributed by atoms with Crippen LogP contribution < -0.4 is 11.1 Å². The number of carbonyl (C=O) groups excluding carboxylic acids is 1. The van der Waals surface area contributed by atoms with Gasteiger partial charge >= 0.3 is 0 Å². The van der Waals surface area contributed by atoms with E-state index in [9.17, 15) is 4.79 Å². The van der Waals surface area contributed by atoms with Crippen molar-refractivity contribution in [1.29, 1.82) is 0 Å². The van der Waals surface area contributed by atoms with Crippen LogP contribution in [0.15, 0.2) is 17.6 Å². The Kier molecular flexibility index (Phi) is 5.10. The van der Waals surface area contributed by atoms with Crippen LogP contribution in [0.4, 0.5) is 0 Å². The summed E-state index contributed by atoms with van der Waals surface area (Å²) in [4.78, 5) is 16.3. The van der Waals surface area contributed by atoms with Gasteiger partial charge in [-0.1, -0.05) is 18.7 Å². The zero-order valence-electron chi connectivity index (χ0n) is 12.3. The van der Waals surface area contributed by atoms with Gasteiger partial charge in [-0.05, 0) is 38.6 Å². The Labute approximate surface area is 124 Å². The molecule has 5 nitrogen and oxygen atoms in total. The second-order valence-electron chi connectivity index (χ2n) is 5.53. The second kappa shape index (κ2) is 6.63. The largest absolute Gasteiger partial charge is 0.368 e. The molecule has 1 amide bonds. The van der Waals surface area contributed by atoms with Gasteiger partial charge in [0.25, 0.3) is 0 Å². The topological polar surface area (TPSA) is 72.9 Å². The highest BCUT2D eigenvalue weighted by Crippen LogP contribution is 2.37. The Morgan fingerprint density at radius 1 is 1.70 bits per heavy atom. The highest BCUT2D eigenvalue weighted by molar-refractivity contribution is 7.99. The highest BCUT2D eigenvalue weighted by atomic mass is 32.2. The third kappa shape index (κ3) is 3.35. The molecule has 6 heteroatoms. The van der Waals surface area contributed by atoms with Crippen molar-refractivity contribution in [1.82, 2.24) is 14.9 Å². The number of primary amides is 1. The van der Waals surface area contributed by atoms with Gasteiger partial charge in [-0.3, -0.25) is 4.79 Å². The zero-order chi connectivity index (χ0) is 14.6. The Hall–Kier alpha value is -1.01. The number of aryl methyl sites for hydroxylation is 1. The molecular formula is C14H24N4OS. The summed E-state index contributed by atoms with van der Waals surface area (Å²) >= 11 is 1.76. The fourth-order valence-electron chi connectivity index (χ4n) is 2.78. The first-order chi connectivity index (χ1) is 9.57. The van der Waals surface area contributed by atoms with Crippen LogP contribution in [-0.2, 0) is 11.8 Å². The second-order valence-corrected chi connectivity index (χ2v) is 6.80. The van der Waals surface area contributed by atoms with Crippen molar-refractivity contribution in [3.63, 3.8) is 0 Å². The van der Waals surface area contributed by atoms with Crippen LogP contribution in [-0.4, -0.2) is 32.8 Å². The summed E-state index contributed by atoms with van der Waals surface area (Å²) in [6, 6.07) is 0. The lowest BCUT2D eigenvalue weighted by Crippen LogP contribution is -2.58. The summed E-state index contributed by atoms with van der Waals surface area (Å²) < 4.78 is 2.02. The number of aromatic nitrogens is 2. The molecule has 2 rings (SSSR count). The lowest BCUT2D eigenvalue weighted by atomic mass is 9.80. The van der Waals surface area contributed by atoms with Crippen LogP contribution in [0, 0.1) is 0 Å². The van der Waals surface area contributed by atoms with E-state index in [1.54, 1.807) is 11.8 Å². The summed E-state index contributed by atoms with van der Waals surface area (Å²) in [6.07, 6.45) is 8.54. The molecule has 0 spiro atoms. The predicted octanol–water partition coefficient (Wildman–Crippen LogP) is 1.68. The Morgan fingerprint density at radius 2 is 2.50 bits per heavy atom. The molecule has 3 N–H and O–H groups in total. The summed E-state index contributed by atoms with van der Waals surface area (Å²) in [5.74, 6) is -0.212. The van der Waals surface area contributed by atoms with E-state index in [1.165, 1.54) is 0 Å². The van der Waals surface area contributed by atoms with E-state index in [2.05, 4.69) is 17.2 Å². The third-order valence-electron chi connectivity index (χ3n) is 3.94. The fourth-order valence-corrected chi connectivity index (χ4v) is 4.07. The number of carbonyl (C=O) groups is 1. The minimum Gasteiger partial charge on any atom is -0.368 e. The number of rotatable bonds is 6. The molecule has 1 fully saturated rings. The van der Waals surface area contributed by atoms with Crippen LogP contribution in [0.1, 0.15) is 39.0 Å². The number of amides is 1. The Balaban J connectivity index is 2.05. The molecule has 0 bridgehead atoms. The van der Waals surface area contributed by atoms with E-state index in [4.69, 9.17) is 5.73 Å². The van der Waals surface area contributed by atoms with Gasteiger partial charge in [0, 0.05) is 24.7 Å². The number of nitrogens with two attached hydrogens (primary N) is 1. The minimum atomic E-state index is -0.531. The Bertz CT molecular complexity index is 462. The zero-order valence-corrected chi connectivity index (χ0v) is 13.1. The van der Waals surface area contributed by atoms with Crippen LogP contribution in [0.25, 0.3) is 0 Å². The minimum absolute atomic E-state index is 0.212. The quantitative estimate of drug-likeness (QED) is 0.837. The molecule has 1 aromatic rings. The van der Waals surface area contributed by atoms with Crippen LogP contribution >= 0.6 is 11.8 Å². The molecule has 0 aromatic carbocycles. The standard InChI is InChI=1S/C14H24N4OS/c1-3-7-17-14(12(15)19)6-4-5-11(10-14)20-13-16-8-9-18(13)2/h8-9,11,17H,3-7,10H2,1-2H3,(H2,15,19). The average molecular weight is 296 g/mol. The normalized spacial score (nSPS) is 26.6. The molecule has 2 unspecified atom stereocenters. The van der Waals surface area contributed by atoms with Crippen molar-refractivity contribution in [2.45, 2.75) is 55.0 Å². The lowest BCUT2D eigenvalue weighted by Gasteiger charge is -2.39. The van der Waals surface area contributed by atoms with Crippen molar-refractivity contribution < 1.29 is 4.79 Å². The van der Waals surface area contributed by atoms with E-state index in [0.29, 0.717) is 5.25 Å². The molecule has 0 radical (unpaired) electrons. The van der Waals surface area contributed by atoms with Crippen molar-refractivity contribution in [3.05, 3.63) is 12.4 Å². The molecule has 112 valence electrons. The van der Waals surface area contributed by atoms with E-state index < -0.39 is 5.54 Å². The average Bonchev–Trinajstić information content (AvgIpc) is 2.82. The number of nitrogens with zero attached hydrogens (tertiary/aromatic N) is 2. The smallest absolute Gasteiger partial charge is 0.237 e. The highest BCUT2D eigenvalue weighted by Gasteiger charge is 2.41. The maximum Gasteiger partial charge on any atom is 0.237 e. The molecule has 0 aliphatic heterocycles. The van der Waals surface area contributed by atoms with Gasteiger partial charge in [-0.25, -0.2) is 4.98 Å². The summed E-state index contributed by atoms with van der Waals surface area (Å²) in [5, 5.41) is 4.79. The van der Waals surface area contributed by atoms with E-state index in [0.717, 1.165) is 43.8 Å². The number of hydrogen-bond acceptors (Lipinski definition) is 4. The number of hydrogen-bond donors (Lipinski definition) is 2. The van der Waals surface area contributed by atoms with Crippen molar-refractivity contribution in [2.75, 3.05) is 6.54 Å². The molecule has 1 aromatic heterocycles. The SMILES string of the molecule is CCCNC1(C(N)=O)CCCC(Sc2nccn2C)C1. The van der Waals surface area contributed by atoms with Gasteiger partial charge < -0.3 is 15.6 Å². The van der Waals surface area contributed by atoms with Crippen LogP contribution in [0.2, 0.25) is 0 Å². The van der Waals surface area contributed by atoms with Gasteiger partial charge in [-0.15, -0.1) is 0 Å². The molecule has 2 atom stereocenters. The maximum atomic E-state index is 11.9. The molecule has 1 heterocycles. The molecular weight excluding hydrogens is 272 g/mol. The monoisotopic (exact) mass is 296 g/mol. The first-order valence-corrected chi connectivity index (χ1v) is 8.14. The number of thioether (sulfide) groups is 1. The summed E-state index contributed by atoms with van der Waals surface area (Å²) in [7, 11) is 1.99. The Morgan fingerprint density at radius 3 is 3.10 bits per heavy atom. The molecule has 1 aliphatic rings. The van der Waals surface area contributed by atoms with Gasteiger partial charge in [0.1, 0.15) is 0 Å². The molecule has 20 heavy (non-hydrogen) atoms. The summed E-state index contributed by atoms with van der Waals surface area (Å²) in [6.45, 7) is 2.94. The molecule has 1 aliphatic carbocycles.